The molecule has 0 fully saturated rings. The van der Waals surface area contributed by atoms with Crippen LogP contribution < -0.4 is 5.43 Å². The molecule has 5 nitrogen and oxygen atoms in total. The summed E-state index contributed by atoms with van der Waals surface area (Å²) in [5.41, 5.74) is 8.75. The third-order valence-electron chi connectivity index (χ3n) is 5.50. The standard InChI is InChI=1S/C29H21ClN4O/c30-26-17-15-24(16-18-26)29(35)32-31-19-25-20-34(27-9-5-2-6-10-27)33-28(25)23-13-11-22(12-14-23)21-7-3-1-4-8-21/h1-20H,(H,32,35)/b31-19-. The summed E-state index contributed by atoms with van der Waals surface area (Å²) >= 11 is 5.90. The van der Waals surface area contributed by atoms with Crippen molar-refractivity contribution in [2.45, 2.75) is 0 Å². The third kappa shape index (κ3) is 5.21. The van der Waals surface area contributed by atoms with Crippen LogP contribution >= 0.6 is 11.6 Å². The quantitative estimate of drug-likeness (QED) is 0.221. The largest absolute Gasteiger partial charge is 0.271 e. The maximum Gasteiger partial charge on any atom is 0.271 e. The van der Waals surface area contributed by atoms with Crippen molar-refractivity contribution in [2.75, 3.05) is 0 Å². The van der Waals surface area contributed by atoms with E-state index in [0.717, 1.165) is 33.6 Å². The lowest BCUT2D eigenvalue weighted by Crippen LogP contribution is -2.17. The molecule has 170 valence electrons. The summed E-state index contributed by atoms with van der Waals surface area (Å²) in [5, 5.41) is 9.58. The average Bonchev–Trinajstić information content (AvgIpc) is 3.34. The van der Waals surface area contributed by atoms with Crippen LogP contribution in [-0.4, -0.2) is 21.9 Å². The van der Waals surface area contributed by atoms with E-state index in [1.54, 1.807) is 30.5 Å². The van der Waals surface area contributed by atoms with Crippen molar-refractivity contribution >= 4 is 23.7 Å². The van der Waals surface area contributed by atoms with Gasteiger partial charge in [0, 0.05) is 27.9 Å². The molecule has 1 aromatic heterocycles. The molecule has 0 aliphatic carbocycles. The normalized spacial score (nSPS) is 11.0. The number of hydrazone groups is 1. The molecule has 5 rings (SSSR count). The molecule has 1 heterocycles. The van der Waals surface area contributed by atoms with Gasteiger partial charge in [-0.2, -0.15) is 10.2 Å². The lowest BCUT2D eigenvalue weighted by Gasteiger charge is -2.04. The number of nitrogens with zero attached hydrogens (tertiary/aromatic N) is 3. The molecular weight excluding hydrogens is 456 g/mol. The van der Waals surface area contributed by atoms with E-state index in [1.165, 1.54) is 0 Å². The van der Waals surface area contributed by atoms with Crippen molar-refractivity contribution in [3.05, 3.63) is 132 Å². The van der Waals surface area contributed by atoms with Crippen molar-refractivity contribution in [3.8, 4) is 28.1 Å². The van der Waals surface area contributed by atoms with Gasteiger partial charge in [-0.3, -0.25) is 4.79 Å². The molecule has 0 radical (unpaired) electrons. The van der Waals surface area contributed by atoms with Gasteiger partial charge in [0.2, 0.25) is 0 Å². The van der Waals surface area contributed by atoms with E-state index in [1.807, 2.05) is 71.5 Å². The second kappa shape index (κ2) is 10.2. The van der Waals surface area contributed by atoms with Crippen LogP contribution in [0.1, 0.15) is 15.9 Å². The lowest BCUT2D eigenvalue weighted by atomic mass is 10.0. The number of nitrogens with one attached hydrogen (secondary N) is 1. The number of halogens is 1. The molecule has 35 heavy (non-hydrogen) atoms. The van der Waals surface area contributed by atoms with Crippen LogP contribution in [0.5, 0.6) is 0 Å². The number of para-hydroxylation sites is 1. The van der Waals surface area contributed by atoms with Crippen molar-refractivity contribution in [3.63, 3.8) is 0 Å². The number of benzene rings is 4. The first-order valence-corrected chi connectivity index (χ1v) is 11.4. The van der Waals surface area contributed by atoms with E-state index in [4.69, 9.17) is 16.7 Å². The molecule has 0 atom stereocenters. The molecule has 1 N–H and O–H groups in total. The monoisotopic (exact) mass is 476 g/mol. The minimum atomic E-state index is -0.317. The molecule has 6 heteroatoms. The van der Waals surface area contributed by atoms with Gasteiger partial charge < -0.3 is 0 Å². The van der Waals surface area contributed by atoms with E-state index in [2.05, 4.69) is 34.8 Å². The Hall–Kier alpha value is -4.48. The zero-order valence-corrected chi connectivity index (χ0v) is 19.4. The molecule has 5 aromatic rings. The van der Waals surface area contributed by atoms with E-state index in [9.17, 15) is 4.79 Å². The SMILES string of the molecule is O=C(N/N=C\c1cn(-c2ccccc2)nc1-c1ccc(-c2ccccc2)cc1)c1ccc(Cl)cc1. The molecule has 0 saturated carbocycles. The molecule has 4 aromatic carbocycles. The summed E-state index contributed by atoms with van der Waals surface area (Å²) in [6.07, 6.45) is 3.51. The van der Waals surface area contributed by atoms with Gasteiger partial charge in [-0.15, -0.1) is 0 Å². The second-order valence-electron chi connectivity index (χ2n) is 7.86. The molecule has 0 bridgehead atoms. The van der Waals surface area contributed by atoms with Gasteiger partial charge in [-0.1, -0.05) is 84.4 Å². The van der Waals surface area contributed by atoms with E-state index in [0.29, 0.717) is 10.6 Å². The van der Waals surface area contributed by atoms with Gasteiger partial charge in [0.1, 0.15) is 5.69 Å². The molecule has 0 aliphatic heterocycles. The first-order valence-electron chi connectivity index (χ1n) is 11.1. The van der Waals surface area contributed by atoms with Crippen LogP contribution in [0.4, 0.5) is 0 Å². The van der Waals surface area contributed by atoms with Gasteiger partial charge in [0.05, 0.1) is 11.9 Å². The highest BCUT2D eigenvalue weighted by atomic mass is 35.5. The number of carbonyl (C=O) groups is 1. The smallest absolute Gasteiger partial charge is 0.267 e. The summed E-state index contributed by atoms with van der Waals surface area (Å²) < 4.78 is 1.81. The van der Waals surface area contributed by atoms with Crippen LogP contribution in [0.3, 0.4) is 0 Å². The molecule has 0 saturated heterocycles. The van der Waals surface area contributed by atoms with Gasteiger partial charge >= 0.3 is 0 Å². The number of hydrogen-bond acceptors (Lipinski definition) is 3. The van der Waals surface area contributed by atoms with Crippen LogP contribution in [0.15, 0.2) is 120 Å². The molecule has 0 unspecified atom stereocenters. The summed E-state index contributed by atoms with van der Waals surface area (Å²) in [7, 11) is 0. The number of rotatable bonds is 6. The Kier molecular flexibility index (Phi) is 6.50. The molecule has 0 spiro atoms. The topological polar surface area (TPSA) is 59.3 Å². The summed E-state index contributed by atoms with van der Waals surface area (Å²) in [5.74, 6) is -0.317. The number of hydrogen-bond donors (Lipinski definition) is 1. The average molecular weight is 477 g/mol. The maximum atomic E-state index is 12.4. The fraction of sp³-hybridized carbons (Fsp3) is 0. The summed E-state index contributed by atoms with van der Waals surface area (Å²) in [6.45, 7) is 0. The Morgan fingerprint density at radius 1 is 0.771 bits per heavy atom. The van der Waals surface area contributed by atoms with Crippen molar-refractivity contribution in [1.82, 2.24) is 15.2 Å². The van der Waals surface area contributed by atoms with E-state index < -0.39 is 0 Å². The van der Waals surface area contributed by atoms with Gasteiger partial charge in [-0.05, 0) is 47.5 Å². The Morgan fingerprint density at radius 2 is 1.37 bits per heavy atom. The molecule has 0 aliphatic rings. The highest BCUT2D eigenvalue weighted by Gasteiger charge is 2.12. The molecular formula is C29H21ClN4O. The Bertz CT molecular complexity index is 1460. The van der Waals surface area contributed by atoms with Crippen LogP contribution in [0.25, 0.3) is 28.1 Å². The van der Waals surface area contributed by atoms with E-state index >= 15 is 0 Å². The van der Waals surface area contributed by atoms with E-state index in [-0.39, 0.29) is 5.91 Å². The zero-order valence-electron chi connectivity index (χ0n) is 18.7. The van der Waals surface area contributed by atoms with Crippen LogP contribution in [0.2, 0.25) is 5.02 Å². The Balaban J connectivity index is 1.44. The second-order valence-corrected chi connectivity index (χ2v) is 8.30. The van der Waals surface area contributed by atoms with Crippen LogP contribution in [0, 0.1) is 0 Å². The maximum absolute atomic E-state index is 12.4. The van der Waals surface area contributed by atoms with Crippen molar-refractivity contribution < 1.29 is 4.79 Å². The highest BCUT2D eigenvalue weighted by molar-refractivity contribution is 6.30. The predicted octanol–water partition coefficient (Wildman–Crippen LogP) is 6.62. The summed E-state index contributed by atoms with van der Waals surface area (Å²) in [6, 6.07) is 35.0. The first kappa shape index (κ1) is 22.3. The first-order chi connectivity index (χ1) is 17.2. The van der Waals surface area contributed by atoms with Crippen LogP contribution in [-0.2, 0) is 0 Å². The Morgan fingerprint density at radius 3 is 2.06 bits per heavy atom. The molecule has 1 amide bonds. The van der Waals surface area contributed by atoms with Crippen molar-refractivity contribution in [2.24, 2.45) is 5.10 Å². The van der Waals surface area contributed by atoms with Gasteiger partial charge in [0.15, 0.2) is 0 Å². The lowest BCUT2D eigenvalue weighted by molar-refractivity contribution is 0.0955. The Labute approximate surface area is 208 Å². The minimum absolute atomic E-state index is 0.317. The predicted molar refractivity (Wildman–Crippen MR) is 141 cm³/mol. The number of amides is 1. The number of carbonyl (C=O) groups excluding carboxylic acids is 1. The third-order valence-corrected chi connectivity index (χ3v) is 5.76. The van der Waals surface area contributed by atoms with Crippen molar-refractivity contribution in [1.29, 1.82) is 0 Å². The van der Waals surface area contributed by atoms with Gasteiger partial charge in [0.25, 0.3) is 5.91 Å². The van der Waals surface area contributed by atoms with Gasteiger partial charge in [-0.25, -0.2) is 10.1 Å². The fourth-order valence-electron chi connectivity index (χ4n) is 3.70. The zero-order chi connectivity index (χ0) is 24.0. The fourth-order valence-corrected chi connectivity index (χ4v) is 3.82. The summed E-state index contributed by atoms with van der Waals surface area (Å²) in [4.78, 5) is 12.4. The highest BCUT2D eigenvalue weighted by Crippen LogP contribution is 2.26. The minimum Gasteiger partial charge on any atom is -0.267 e. The number of aromatic nitrogens is 2.